The van der Waals surface area contributed by atoms with Gasteiger partial charge in [-0.2, -0.15) is 5.26 Å². The summed E-state index contributed by atoms with van der Waals surface area (Å²) in [5.74, 6) is -0.0737. The number of hydrogen-bond acceptors (Lipinski definition) is 5. The lowest BCUT2D eigenvalue weighted by Gasteiger charge is -2.31. The molecular weight excluding hydrogens is 394 g/mol. The van der Waals surface area contributed by atoms with Gasteiger partial charge in [0.15, 0.2) is 0 Å². The fraction of sp³-hybridized carbons (Fsp3) is 0.609. The van der Waals surface area contributed by atoms with Crippen LogP contribution in [0.4, 0.5) is 4.79 Å². The Kier molecular flexibility index (Phi) is 7.88. The molecule has 2 saturated heterocycles. The molecule has 0 aromatic heterocycles. The molecule has 2 atom stereocenters. The Morgan fingerprint density at radius 3 is 2.55 bits per heavy atom. The van der Waals surface area contributed by atoms with Gasteiger partial charge >= 0.3 is 6.03 Å². The summed E-state index contributed by atoms with van der Waals surface area (Å²) in [7, 11) is 0. The molecule has 2 aliphatic rings. The number of hydrogen-bond donors (Lipinski definition) is 2. The molecule has 0 radical (unpaired) electrons. The zero-order valence-electron chi connectivity index (χ0n) is 18.5. The van der Waals surface area contributed by atoms with Gasteiger partial charge in [-0.1, -0.05) is 44.2 Å². The molecule has 0 aliphatic carbocycles. The zero-order chi connectivity index (χ0) is 22.3. The lowest BCUT2D eigenvalue weighted by molar-refractivity contribution is -0.124. The van der Waals surface area contributed by atoms with Gasteiger partial charge in [0, 0.05) is 32.7 Å². The first-order chi connectivity index (χ1) is 14.9. The summed E-state index contributed by atoms with van der Waals surface area (Å²) in [4.78, 5) is 29.6. The third-order valence-corrected chi connectivity index (χ3v) is 5.79. The minimum Gasteiger partial charge on any atom is -0.378 e. The van der Waals surface area contributed by atoms with Crippen molar-refractivity contribution in [3.05, 3.63) is 35.9 Å². The fourth-order valence-electron chi connectivity index (χ4n) is 4.12. The van der Waals surface area contributed by atoms with Crippen LogP contribution in [0.3, 0.4) is 0 Å². The molecule has 1 aromatic rings. The normalized spacial score (nSPS) is 22.7. The van der Waals surface area contributed by atoms with Gasteiger partial charge in [-0.05, 0) is 24.3 Å². The second kappa shape index (κ2) is 10.6. The summed E-state index contributed by atoms with van der Waals surface area (Å²) in [5.41, 5.74) is 0.239. The van der Waals surface area contributed by atoms with E-state index in [1.807, 2.05) is 32.0 Å². The van der Waals surface area contributed by atoms with Crippen molar-refractivity contribution in [2.75, 3.05) is 39.4 Å². The molecule has 8 nitrogen and oxygen atoms in total. The first kappa shape index (κ1) is 23.0. The average molecular weight is 428 g/mol. The summed E-state index contributed by atoms with van der Waals surface area (Å²) in [5, 5.41) is 15.8. The van der Waals surface area contributed by atoms with Gasteiger partial charge in [0.25, 0.3) is 0 Å². The highest BCUT2D eigenvalue weighted by Gasteiger charge is 2.41. The molecule has 3 rings (SSSR count). The highest BCUT2D eigenvalue weighted by atomic mass is 16.5. The third kappa shape index (κ3) is 6.42. The zero-order valence-corrected chi connectivity index (χ0v) is 18.5. The minimum absolute atomic E-state index is 0.219. The molecule has 3 amide bonds. The second-order valence-corrected chi connectivity index (χ2v) is 8.86. The maximum Gasteiger partial charge on any atom is 0.318 e. The predicted molar refractivity (Wildman–Crippen MR) is 117 cm³/mol. The van der Waals surface area contributed by atoms with Crippen molar-refractivity contribution in [3.63, 3.8) is 0 Å². The van der Waals surface area contributed by atoms with E-state index in [0.717, 1.165) is 13.1 Å². The van der Waals surface area contributed by atoms with E-state index >= 15 is 0 Å². The van der Waals surface area contributed by atoms with Gasteiger partial charge < -0.3 is 20.3 Å². The van der Waals surface area contributed by atoms with Crippen molar-refractivity contribution in [3.8, 4) is 6.07 Å². The molecule has 2 aliphatic heterocycles. The molecule has 2 fully saturated rings. The maximum absolute atomic E-state index is 13.1. The smallest absolute Gasteiger partial charge is 0.318 e. The van der Waals surface area contributed by atoms with E-state index in [0.29, 0.717) is 45.7 Å². The Bertz CT molecular complexity index is 788. The number of nitrogens with one attached hydrogen (secondary N) is 2. The Balaban J connectivity index is 1.62. The number of ether oxygens (including phenoxy) is 1. The Morgan fingerprint density at radius 2 is 1.90 bits per heavy atom. The SMILES string of the molecule is CC(C)CC(NC(=O)N1CCOCC1)C(=O)NC1(C#N)CCN(Cc2ccccc2)C1. The minimum atomic E-state index is -0.940. The number of carbonyl (C=O) groups is 2. The molecule has 2 heterocycles. The summed E-state index contributed by atoms with van der Waals surface area (Å²) in [6.07, 6.45) is 1.07. The van der Waals surface area contributed by atoms with Crippen LogP contribution in [0.1, 0.15) is 32.3 Å². The summed E-state index contributed by atoms with van der Waals surface area (Å²) in [6, 6.07) is 11.5. The fourth-order valence-corrected chi connectivity index (χ4v) is 4.12. The molecule has 31 heavy (non-hydrogen) atoms. The van der Waals surface area contributed by atoms with Crippen LogP contribution < -0.4 is 10.6 Å². The standard InChI is InChI=1S/C23H33N5O3/c1-18(2)14-20(25-22(30)28-10-12-31-13-11-28)21(29)26-23(16-24)8-9-27(17-23)15-19-6-4-3-5-7-19/h3-7,18,20H,8-15,17H2,1-2H3,(H,25,30)(H,26,29). The van der Waals surface area contributed by atoms with Crippen molar-refractivity contribution >= 4 is 11.9 Å². The Hall–Kier alpha value is -2.63. The van der Waals surface area contributed by atoms with Crippen molar-refractivity contribution in [2.45, 2.75) is 44.8 Å². The molecule has 2 unspecified atom stereocenters. The van der Waals surface area contributed by atoms with E-state index in [9.17, 15) is 14.9 Å². The number of carbonyl (C=O) groups excluding carboxylic acids is 2. The molecule has 1 aromatic carbocycles. The topological polar surface area (TPSA) is 97.7 Å². The van der Waals surface area contributed by atoms with E-state index in [-0.39, 0.29) is 17.9 Å². The number of morpholine rings is 1. The number of likely N-dealkylation sites (tertiary alicyclic amines) is 1. The van der Waals surface area contributed by atoms with Gasteiger partial charge in [0.1, 0.15) is 11.6 Å². The number of rotatable bonds is 7. The van der Waals surface area contributed by atoms with Gasteiger partial charge in [-0.3, -0.25) is 9.69 Å². The monoisotopic (exact) mass is 427 g/mol. The quantitative estimate of drug-likeness (QED) is 0.691. The number of nitriles is 1. The van der Waals surface area contributed by atoms with Crippen molar-refractivity contribution in [1.29, 1.82) is 5.26 Å². The summed E-state index contributed by atoms with van der Waals surface area (Å²) in [6.45, 7) is 8.00. The van der Waals surface area contributed by atoms with Crippen LogP contribution in [0.2, 0.25) is 0 Å². The first-order valence-corrected chi connectivity index (χ1v) is 11.0. The maximum atomic E-state index is 13.1. The van der Waals surface area contributed by atoms with Crippen LogP contribution in [-0.4, -0.2) is 72.7 Å². The van der Waals surface area contributed by atoms with Gasteiger partial charge in [-0.25, -0.2) is 4.79 Å². The lowest BCUT2D eigenvalue weighted by Crippen LogP contribution is -2.58. The highest BCUT2D eigenvalue weighted by molar-refractivity contribution is 5.88. The van der Waals surface area contributed by atoms with Crippen LogP contribution in [0.25, 0.3) is 0 Å². The number of benzene rings is 1. The average Bonchev–Trinajstić information content (AvgIpc) is 3.17. The van der Waals surface area contributed by atoms with Crippen molar-refractivity contribution in [1.82, 2.24) is 20.4 Å². The van der Waals surface area contributed by atoms with E-state index in [4.69, 9.17) is 4.74 Å². The van der Waals surface area contributed by atoms with Gasteiger partial charge in [0.05, 0.1) is 19.3 Å². The Labute approximate surface area is 184 Å². The van der Waals surface area contributed by atoms with E-state index in [1.165, 1.54) is 5.56 Å². The predicted octanol–water partition coefficient (Wildman–Crippen LogP) is 1.73. The summed E-state index contributed by atoms with van der Waals surface area (Å²) < 4.78 is 5.29. The molecular formula is C23H33N5O3. The van der Waals surface area contributed by atoms with E-state index < -0.39 is 11.6 Å². The van der Waals surface area contributed by atoms with Crippen LogP contribution >= 0.6 is 0 Å². The molecule has 168 valence electrons. The number of nitrogens with zero attached hydrogens (tertiary/aromatic N) is 3. The first-order valence-electron chi connectivity index (χ1n) is 11.0. The molecule has 8 heteroatoms. The van der Waals surface area contributed by atoms with E-state index in [1.54, 1.807) is 4.90 Å². The lowest BCUT2D eigenvalue weighted by atomic mass is 9.98. The highest BCUT2D eigenvalue weighted by Crippen LogP contribution is 2.23. The van der Waals surface area contributed by atoms with Gasteiger partial charge in [0.2, 0.25) is 5.91 Å². The van der Waals surface area contributed by atoms with Gasteiger partial charge in [-0.15, -0.1) is 0 Å². The van der Waals surface area contributed by atoms with E-state index in [2.05, 4.69) is 33.7 Å². The largest absolute Gasteiger partial charge is 0.378 e. The summed E-state index contributed by atoms with van der Waals surface area (Å²) >= 11 is 0. The van der Waals surface area contributed by atoms with Crippen LogP contribution in [0.5, 0.6) is 0 Å². The van der Waals surface area contributed by atoms with Crippen LogP contribution in [-0.2, 0) is 16.1 Å². The third-order valence-electron chi connectivity index (χ3n) is 5.79. The number of amides is 3. The Morgan fingerprint density at radius 1 is 1.19 bits per heavy atom. The van der Waals surface area contributed by atoms with Crippen molar-refractivity contribution < 1.29 is 14.3 Å². The molecule has 0 bridgehead atoms. The molecule has 0 saturated carbocycles. The number of urea groups is 1. The van der Waals surface area contributed by atoms with Crippen LogP contribution in [0.15, 0.2) is 30.3 Å². The second-order valence-electron chi connectivity index (χ2n) is 8.86. The molecule has 2 N–H and O–H groups in total. The van der Waals surface area contributed by atoms with Crippen LogP contribution in [0, 0.1) is 17.2 Å². The molecule has 0 spiro atoms. The van der Waals surface area contributed by atoms with Crippen molar-refractivity contribution in [2.24, 2.45) is 5.92 Å².